The second-order valence-electron chi connectivity index (χ2n) is 6.05. The van der Waals surface area contributed by atoms with Crippen LogP contribution in [-0.4, -0.2) is 10.5 Å². The number of aromatic nitrogens is 1. The molecular weight excluding hydrogens is 260 g/mol. The summed E-state index contributed by atoms with van der Waals surface area (Å²) >= 11 is 0. The lowest BCUT2D eigenvalue weighted by molar-refractivity contribution is -0.122. The highest BCUT2D eigenvalue weighted by atomic mass is 16.1. The molecule has 1 aromatic carbocycles. The number of carbonyl (C=O) groups excluding carboxylic acids is 1. The largest absolute Gasteiger partial charge is 0.349 e. The Bertz CT molecular complexity index is 657. The zero-order valence-corrected chi connectivity index (χ0v) is 13.0. The molecule has 21 heavy (non-hydrogen) atoms. The topological polar surface area (TPSA) is 34.0 Å². The fourth-order valence-electron chi connectivity index (χ4n) is 3.53. The van der Waals surface area contributed by atoms with Gasteiger partial charge in [-0.15, -0.1) is 0 Å². The van der Waals surface area contributed by atoms with Crippen molar-refractivity contribution in [3.05, 3.63) is 35.5 Å². The van der Waals surface area contributed by atoms with Gasteiger partial charge in [0.15, 0.2) is 0 Å². The molecule has 0 radical (unpaired) electrons. The van der Waals surface area contributed by atoms with Crippen LogP contribution in [0.1, 0.15) is 56.3 Å². The first-order chi connectivity index (χ1) is 10.2. The van der Waals surface area contributed by atoms with Crippen molar-refractivity contribution in [2.45, 2.75) is 51.5 Å². The van der Waals surface area contributed by atoms with E-state index in [4.69, 9.17) is 0 Å². The summed E-state index contributed by atoms with van der Waals surface area (Å²) in [5, 5.41) is 4.56. The van der Waals surface area contributed by atoms with Crippen molar-refractivity contribution < 1.29 is 4.79 Å². The number of fused-ring (bicyclic) bond motifs is 3. The Morgan fingerprint density at radius 2 is 2.19 bits per heavy atom. The molecule has 3 heteroatoms. The first kappa shape index (κ1) is 14.2. The monoisotopic (exact) mass is 284 g/mol. The van der Waals surface area contributed by atoms with Gasteiger partial charge in [0.25, 0.3) is 0 Å². The van der Waals surface area contributed by atoms with E-state index in [1.165, 1.54) is 22.2 Å². The quantitative estimate of drug-likeness (QED) is 0.908. The number of nitrogens with one attached hydrogen (secondary N) is 1. The Labute approximate surface area is 126 Å². The van der Waals surface area contributed by atoms with Gasteiger partial charge in [0.2, 0.25) is 5.91 Å². The molecule has 0 bridgehead atoms. The maximum absolute atomic E-state index is 12.1. The van der Waals surface area contributed by atoms with Gasteiger partial charge in [0.1, 0.15) is 0 Å². The van der Waals surface area contributed by atoms with Crippen molar-refractivity contribution in [3.63, 3.8) is 0 Å². The molecule has 1 amide bonds. The van der Waals surface area contributed by atoms with E-state index in [2.05, 4.69) is 48.1 Å². The normalized spacial score (nSPS) is 17.7. The standard InChI is InChI=1S/C18H24N2O/c1-3-4-12-17(21)19-14-9-7-11-16-18(14)13-8-5-6-10-15(13)20(16)2/h5-6,8,10,14H,3-4,7,9,11-12H2,1-2H3,(H,19,21). The van der Waals surface area contributed by atoms with E-state index in [9.17, 15) is 4.79 Å². The molecule has 1 unspecified atom stereocenters. The van der Waals surface area contributed by atoms with Crippen LogP contribution in [-0.2, 0) is 18.3 Å². The number of aryl methyl sites for hydroxylation is 1. The van der Waals surface area contributed by atoms with Crippen LogP contribution in [0.4, 0.5) is 0 Å². The van der Waals surface area contributed by atoms with Gasteiger partial charge in [-0.1, -0.05) is 31.5 Å². The van der Waals surface area contributed by atoms with Gasteiger partial charge in [-0.2, -0.15) is 0 Å². The molecule has 1 heterocycles. The van der Waals surface area contributed by atoms with Crippen LogP contribution in [0, 0.1) is 0 Å². The number of unbranched alkanes of at least 4 members (excludes halogenated alkanes) is 1. The number of para-hydroxylation sites is 1. The third-order valence-corrected chi connectivity index (χ3v) is 4.62. The highest BCUT2D eigenvalue weighted by Crippen LogP contribution is 2.37. The summed E-state index contributed by atoms with van der Waals surface area (Å²) in [7, 11) is 2.14. The molecule has 0 fully saturated rings. The molecule has 1 atom stereocenters. The Hall–Kier alpha value is -1.77. The molecule has 0 saturated heterocycles. The molecule has 0 spiro atoms. The smallest absolute Gasteiger partial charge is 0.220 e. The zero-order chi connectivity index (χ0) is 14.8. The summed E-state index contributed by atoms with van der Waals surface area (Å²) in [6.45, 7) is 2.12. The van der Waals surface area contributed by atoms with Gasteiger partial charge in [-0.25, -0.2) is 0 Å². The Balaban J connectivity index is 1.94. The highest BCUT2D eigenvalue weighted by molar-refractivity contribution is 5.87. The third-order valence-electron chi connectivity index (χ3n) is 4.62. The molecular formula is C18H24N2O. The van der Waals surface area contributed by atoms with Crippen LogP contribution >= 0.6 is 0 Å². The van der Waals surface area contributed by atoms with Crippen molar-refractivity contribution in [1.82, 2.24) is 9.88 Å². The Morgan fingerprint density at radius 1 is 1.38 bits per heavy atom. The summed E-state index contributed by atoms with van der Waals surface area (Å²) in [5.41, 5.74) is 4.02. The molecule has 1 aromatic heterocycles. The van der Waals surface area contributed by atoms with Crippen LogP contribution in [0.3, 0.4) is 0 Å². The van der Waals surface area contributed by atoms with E-state index < -0.39 is 0 Å². The molecule has 112 valence electrons. The van der Waals surface area contributed by atoms with E-state index in [1.807, 2.05) is 0 Å². The maximum Gasteiger partial charge on any atom is 0.220 e. The lowest BCUT2D eigenvalue weighted by atomic mass is 9.90. The number of hydrogen-bond acceptors (Lipinski definition) is 1. The summed E-state index contributed by atoms with van der Waals surface area (Å²) in [6, 6.07) is 8.72. The maximum atomic E-state index is 12.1. The molecule has 1 N–H and O–H groups in total. The predicted octanol–water partition coefficient (Wildman–Crippen LogP) is 3.86. The number of amides is 1. The van der Waals surface area contributed by atoms with Gasteiger partial charge >= 0.3 is 0 Å². The van der Waals surface area contributed by atoms with E-state index in [0.717, 1.165) is 32.1 Å². The first-order valence-electron chi connectivity index (χ1n) is 8.08. The van der Waals surface area contributed by atoms with E-state index in [0.29, 0.717) is 6.42 Å². The summed E-state index contributed by atoms with van der Waals surface area (Å²) in [4.78, 5) is 12.1. The van der Waals surface area contributed by atoms with E-state index in [-0.39, 0.29) is 11.9 Å². The van der Waals surface area contributed by atoms with Crippen LogP contribution in [0.15, 0.2) is 24.3 Å². The molecule has 0 saturated carbocycles. The predicted molar refractivity (Wildman–Crippen MR) is 86.3 cm³/mol. The summed E-state index contributed by atoms with van der Waals surface area (Å²) in [6.07, 6.45) is 6.00. The summed E-state index contributed by atoms with van der Waals surface area (Å²) in [5.74, 6) is 0.197. The lowest BCUT2D eigenvalue weighted by Crippen LogP contribution is -2.30. The minimum absolute atomic E-state index is 0.184. The van der Waals surface area contributed by atoms with Crippen molar-refractivity contribution in [1.29, 1.82) is 0 Å². The lowest BCUT2D eigenvalue weighted by Gasteiger charge is -2.25. The van der Waals surface area contributed by atoms with Crippen LogP contribution < -0.4 is 5.32 Å². The molecule has 2 aromatic rings. The first-order valence-corrected chi connectivity index (χ1v) is 8.08. The highest BCUT2D eigenvalue weighted by Gasteiger charge is 2.27. The van der Waals surface area contributed by atoms with Crippen LogP contribution in [0.25, 0.3) is 10.9 Å². The third kappa shape index (κ3) is 2.57. The van der Waals surface area contributed by atoms with Gasteiger partial charge in [0.05, 0.1) is 6.04 Å². The van der Waals surface area contributed by atoms with Gasteiger partial charge in [-0.3, -0.25) is 4.79 Å². The fourth-order valence-corrected chi connectivity index (χ4v) is 3.53. The molecule has 0 aliphatic heterocycles. The van der Waals surface area contributed by atoms with Crippen molar-refractivity contribution in [3.8, 4) is 0 Å². The zero-order valence-electron chi connectivity index (χ0n) is 13.0. The second-order valence-corrected chi connectivity index (χ2v) is 6.05. The fraction of sp³-hybridized carbons (Fsp3) is 0.500. The van der Waals surface area contributed by atoms with Crippen LogP contribution in [0.5, 0.6) is 0 Å². The number of carbonyl (C=O) groups is 1. The number of hydrogen-bond donors (Lipinski definition) is 1. The number of nitrogens with zero attached hydrogens (tertiary/aromatic N) is 1. The SMILES string of the molecule is CCCCC(=O)NC1CCCc2c1c1ccccc1n2C. The van der Waals surface area contributed by atoms with E-state index in [1.54, 1.807) is 0 Å². The Morgan fingerprint density at radius 3 is 3.00 bits per heavy atom. The second kappa shape index (κ2) is 5.92. The van der Waals surface area contributed by atoms with Crippen LogP contribution in [0.2, 0.25) is 0 Å². The molecule has 3 nitrogen and oxygen atoms in total. The number of benzene rings is 1. The average molecular weight is 284 g/mol. The Kier molecular flexibility index (Phi) is 4.00. The minimum atomic E-state index is 0.184. The van der Waals surface area contributed by atoms with Gasteiger partial charge in [-0.05, 0) is 31.7 Å². The number of rotatable bonds is 4. The van der Waals surface area contributed by atoms with Crippen molar-refractivity contribution in [2.75, 3.05) is 0 Å². The molecule has 1 aliphatic carbocycles. The van der Waals surface area contributed by atoms with Crippen molar-refractivity contribution >= 4 is 16.8 Å². The van der Waals surface area contributed by atoms with Gasteiger partial charge in [0, 0.05) is 35.6 Å². The van der Waals surface area contributed by atoms with Crippen molar-refractivity contribution in [2.24, 2.45) is 7.05 Å². The molecule has 3 rings (SSSR count). The van der Waals surface area contributed by atoms with E-state index >= 15 is 0 Å². The van der Waals surface area contributed by atoms with Gasteiger partial charge < -0.3 is 9.88 Å². The minimum Gasteiger partial charge on any atom is -0.349 e. The summed E-state index contributed by atoms with van der Waals surface area (Å²) < 4.78 is 2.30. The molecule has 1 aliphatic rings. The average Bonchev–Trinajstić information content (AvgIpc) is 2.80.